The van der Waals surface area contributed by atoms with Crippen molar-refractivity contribution in [1.29, 1.82) is 0 Å². The van der Waals surface area contributed by atoms with Gasteiger partial charge in [0.25, 0.3) is 0 Å². The summed E-state index contributed by atoms with van der Waals surface area (Å²) in [6.07, 6.45) is 2.54. The van der Waals surface area contributed by atoms with Crippen LogP contribution in [-0.2, 0) is 0 Å². The van der Waals surface area contributed by atoms with Crippen molar-refractivity contribution in [2.45, 2.75) is 25.8 Å². The molecule has 0 amide bonds. The van der Waals surface area contributed by atoms with Crippen molar-refractivity contribution in [2.24, 2.45) is 5.73 Å². The summed E-state index contributed by atoms with van der Waals surface area (Å²) in [4.78, 5) is 4.21. The van der Waals surface area contributed by atoms with Gasteiger partial charge in [-0.1, -0.05) is 18.5 Å². The van der Waals surface area contributed by atoms with Crippen LogP contribution in [0, 0.1) is 0 Å². The number of nitrogens with zero attached hydrogens (tertiary/aromatic N) is 1. The second-order valence-corrected chi connectivity index (χ2v) is 5.02. The van der Waals surface area contributed by atoms with Gasteiger partial charge in [0.2, 0.25) is 0 Å². The lowest BCUT2D eigenvalue weighted by Crippen LogP contribution is -2.42. The predicted molar refractivity (Wildman–Crippen MR) is 68.3 cm³/mol. The molecule has 1 atom stereocenters. The summed E-state index contributed by atoms with van der Waals surface area (Å²) in [5.74, 6) is 0.772. The molecular formula is C10H15BrClN3. The minimum absolute atomic E-state index is 0.136. The lowest BCUT2D eigenvalue weighted by Gasteiger charge is -2.29. The van der Waals surface area contributed by atoms with Crippen LogP contribution in [0.2, 0.25) is 5.02 Å². The van der Waals surface area contributed by atoms with Gasteiger partial charge < -0.3 is 11.1 Å². The van der Waals surface area contributed by atoms with Gasteiger partial charge in [0.1, 0.15) is 5.82 Å². The highest BCUT2D eigenvalue weighted by atomic mass is 79.9. The van der Waals surface area contributed by atoms with Crippen molar-refractivity contribution < 1.29 is 0 Å². The maximum absolute atomic E-state index is 5.81. The summed E-state index contributed by atoms with van der Waals surface area (Å²) in [7, 11) is 0. The molecule has 0 aliphatic carbocycles. The Morgan fingerprint density at radius 1 is 1.67 bits per heavy atom. The molecule has 0 fully saturated rings. The van der Waals surface area contributed by atoms with E-state index < -0.39 is 0 Å². The highest BCUT2D eigenvalue weighted by Gasteiger charge is 2.21. The first-order chi connectivity index (χ1) is 7.00. The smallest absolute Gasteiger partial charge is 0.140 e. The predicted octanol–water partition coefficient (Wildman–Crippen LogP) is 3.04. The van der Waals surface area contributed by atoms with E-state index in [1.54, 1.807) is 6.20 Å². The molecule has 0 spiro atoms. The number of hydrogen-bond acceptors (Lipinski definition) is 3. The van der Waals surface area contributed by atoms with Crippen LogP contribution < -0.4 is 11.1 Å². The Hall–Kier alpha value is -0.320. The van der Waals surface area contributed by atoms with E-state index in [-0.39, 0.29) is 5.54 Å². The maximum Gasteiger partial charge on any atom is 0.140 e. The summed E-state index contributed by atoms with van der Waals surface area (Å²) in [6.45, 7) is 4.71. The average Bonchev–Trinajstić information content (AvgIpc) is 2.22. The molecule has 3 nitrogen and oxygen atoms in total. The number of pyridine rings is 1. The molecule has 1 aromatic heterocycles. The van der Waals surface area contributed by atoms with Crippen molar-refractivity contribution in [3.05, 3.63) is 21.8 Å². The van der Waals surface area contributed by atoms with Crippen molar-refractivity contribution in [3.8, 4) is 0 Å². The zero-order chi connectivity index (χ0) is 11.5. The quantitative estimate of drug-likeness (QED) is 0.897. The van der Waals surface area contributed by atoms with Crippen molar-refractivity contribution in [2.75, 3.05) is 11.9 Å². The third-order valence-electron chi connectivity index (χ3n) is 2.46. The van der Waals surface area contributed by atoms with E-state index in [1.165, 1.54) is 0 Å². The number of nitrogens with two attached hydrogens (primary N) is 1. The molecule has 0 radical (unpaired) electrons. The molecule has 84 valence electrons. The number of anilines is 1. The summed E-state index contributed by atoms with van der Waals surface area (Å²) in [5.41, 5.74) is 5.58. The fourth-order valence-corrected chi connectivity index (χ4v) is 1.81. The molecule has 0 bridgehead atoms. The van der Waals surface area contributed by atoms with E-state index in [0.29, 0.717) is 11.6 Å². The molecule has 1 heterocycles. The second kappa shape index (κ2) is 5.14. The number of halogens is 2. The molecule has 0 aliphatic rings. The summed E-state index contributed by atoms with van der Waals surface area (Å²) < 4.78 is 0.850. The number of rotatable bonds is 4. The Labute approximate surface area is 104 Å². The van der Waals surface area contributed by atoms with E-state index in [9.17, 15) is 0 Å². The Morgan fingerprint density at radius 3 is 2.80 bits per heavy atom. The standard InChI is InChI=1S/C10H15BrClN3/c1-3-10(2,6-13)15-9-8(11)4-7(12)5-14-9/h4-5H,3,6,13H2,1-2H3,(H,14,15). The third kappa shape index (κ3) is 3.33. The second-order valence-electron chi connectivity index (χ2n) is 3.73. The van der Waals surface area contributed by atoms with Crippen LogP contribution >= 0.6 is 27.5 Å². The van der Waals surface area contributed by atoms with Crippen LogP contribution in [0.1, 0.15) is 20.3 Å². The fourth-order valence-electron chi connectivity index (χ4n) is 1.08. The van der Waals surface area contributed by atoms with Crippen molar-refractivity contribution in [3.63, 3.8) is 0 Å². The average molecular weight is 293 g/mol. The first-order valence-corrected chi connectivity index (χ1v) is 5.97. The molecule has 1 unspecified atom stereocenters. The van der Waals surface area contributed by atoms with Gasteiger partial charge in [-0.3, -0.25) is 0 Å². The third-order valence-corrected chi connectivity index (χ3v) is 3.27. The highest BCUT2D eigenvalue weighted by Crippen LogP contribution is 2.26. The molecule has 0 aromatic carbocycles. The van der Waals surface area contributed by atoms with Crippen LogP contribution in [0.25, 0.3) is 0 Å². The molecule has 5 heteroatoms. The van der Waals surface area contributed by atoms with E-state index in [4.69, 9.17) is 17.3 Å². The van der Waals surface area contributed by atoms with Gasteiger partial charge in [-0.05, 0) is 35.3 Å². The van der Waals surface area contributed by atoms with Crippen LogP contribution in [0.3, 0.4) is 0 Å². The van der Waals surface area contributed by atoms with Crippen molar-refractivity contribution >= 4 is 33.3 Å². The van der Waals surface area contributed by atoms with Gasteiger partial charge in [0, 0.05) is 18.3 Å². The largest absolute Gasteiger partial charge is 0.363 e. The monoisotopic (exact) mass is 291 g/mol. The highest BCUT2D eigenvalue weighted by molar-refractivity contribution is 9.10. The number of aromatic nitrogens is 1. The van der Waals surface area contributed by atoms with E-state index in [0.717, 1.165) is 16.7 Å². The Morgan fingerprint density at radius 2 is 2.33 bits per heavy atom. The first kappa shape index (κ1) is 12.7. The van der Waals surface area contributed by atoms with Gasteiger partial charge in [0.15, 0.2) is 0 Å². The van der Waals surface area contributed by atoms with Gasteiger partial charge in [0.05, 0.1) is 9.50 Å². The molecule has 15 heavy (non-hydrogen) atoms. The molecular weight excluding hydrogens is 277 g/mol. The van der Waals surface area contributed by atoms with Gasteiger partial charge >= 0.3 is 0 Å². The Bertz CT molecular complexity index is 339. The topological polar surface area (TPSA) is 50.9 Å². The molecule has 3 N–H and O–H groups in total. The van der Waals surface area contributed by atoms with Crippen LogP contribution in [0.15, 0.2) is 16.7 Å². The molecule has 0 saturated carbocycles. The molecule has 1 rings (SSSR count). The molecule has 0 saturated heterocycles. The van der Waals surface area contributed by atoms with Crippen molar-refractivity contribution in [1.82, 2.24) is 4.98 Å². The van der Waals surface area contributed by atoms with Crippen LogP contribution in [-0.4, -0.2) is 17.1 Å². The molecule has 0 aliphatic heterocycles. The van der Waals surface area contributed by atoms with Crippen LogP contribution in [0.4, 0.5) is 5.82 Å². The zero-order valence-electron chi connectivity index (χ0n) is 8.85. The van der Waals surface area contributed by atoms with Gasteiger partial charge in [-0.2, -0.15) is 0 Å². The number of nitrogens with one attached hydrogen (secondary N) is 1. The minimum Gasteiger partial charge on any atom is -0.363 e. The normalized spacial score (nSPS) is 14.7. The van der Waals surface area contributed by atoms with Gasteiger partial charge in [-0.25, -0.2) is 4.98 Å². The fraction of sp³-hybridized carbons (Fsp3) is 0.500. The maximum atomic E-state index is 5.81. The van der Waals surface area contributed by atoms with E-state index in [2.05, 4.69) is 40.1 Å². The van der Waals surface area contributed by atoms with Gasteiger partial charge in [-0.15, -0.1) is 0 Å². The van der Waals surface area contributed by atoms with E-state index in [1.807, 2.05) is 6.07 Å². The van der Waals surface area contributed by atoms with E-state index >= 15 is 0 Å². The summed E-state index contributed by atoms with van der Waals surface area (Å²) in [6, 6.07) is 1.81. The Balaban J connectivity index is 2.89. The summed E-state index contributed by atoms with van der Waals surface area (Å²) in [5, 5.41) is 3.92. The zero-order valence-corrected chi connectivity index (χ0v) is 11.2. The minimum atomic E-state index is -0.136. The lowest BCUT2D eigenvalue weighted by atomic mass is 9.99. The number of hydrogen-bond donors (Lipinski definition) is 2. The van der Waals surface area contributed by atoms with Crippen LogP contribution in [0.5, 0.6) is 0 Å². The lowest BCUT2D eigenvalue weighted by molar-refractivity contribution is 0.504. The summed E-state index contributed by atoms with van der Waals surface area (Å²) >= 11 is 9.22. The SMILES string of the molecule is CCC(C)(CN)Nc1ncc(Cl)cc1Br. The first-order valence-electron chi connectivity index (χ1n) is 4.80. The molecule has 1 aromatic rings. The Kier molecular flexibility index (Phi) is 4.37.